The lowest BCUT2D eigenvalue weighted by molar-refractivity contribution is -0.192. The van der Waals surface area contributed by atoms with Crippen LogP contribution in [0.25, 0.3) is 10.8 Å². The summed E-state index contributed by atoms with van der Waals surface area (Å²) in [5, 5.41) is 22.9. The topological polar surface area (TPSA) is 109 Å². The molecule has 0 unspecified atom stereocenters. The first-order valence-corrected chi connectivity index (χ1v) is 10.5. The van der Waals surface area contributed by atoms with Crippen molar-refractivity contribution in [2.45, 2.75) is 38.5 Å². The number of carboxylic acids is 1. The Labute approximate surface area is 200 Å². The highest BCUT2D eigenvalue weighted by Crippen LogP contribution is 2.30. The van der Waals surface area contributed by atoms with Gasteiger partial charge in [0.1, 0.15) is 5.82 Å². The molecule has 0 amide bonds. The third-order valence-electron chi connectivity index (χ3n) is 5.53. The summed E-state index contributed by atoms with van der Waals surface area (Å²) in [7, 11) is 0. The van der Waals surface area contributed by atoms with Gasteiger partial charge in [0, 0.05) is 41.7 Å². The molecule has 0 saturated carbocycles. The summed E-state index contributed by atoms with van der Waals surface area (Å²) >= 11 is 0. The average molecular weight is 517 g/mol. The van der Waals surface area contributed by atoms with Crippen LogP contribution >= 0.6 is 0 Å². The van der Waals surface area contributed by atoms with Crippen molar-refractivity contribution < 1.29 is 36.2 Å². The Bertz CT molecular complexity index is 1320. The molecule has 3 aromatic rings. The fourth-order valence-electron chi connectivity index (χ4n) is 3.49. The molecule has 194 valence electrons. The van der Waals surface area contributed by atoms with E-state index in [-0.39, 0.29) is 17.2 Å². The number of hydrogen-bond acceptors (Lipinski definition) is 6. The average Bonchev–Trinajstić information content (AvgIpc) is 2.75. The lowest BCUT2D eigenvalue weighted by Crippen LogP contribution is -2.46. The van der Waals surface area contributed by atoms with E-state index in [2.05, 4.69) is 20.8 Å². The van der Waals surface area contributed by atoms with Gasteiger partial charge in [-0.2, -0.15) is 18.3 Å². The van der Waals surface area contributed by atoms with Gasteiger partial charge >= 0.3 is 12.1 Å². The quantitative estimate of drug-likeness (QED) is 0.437. The molecule has 4 rings (SSSR count). The number of hydrogen-bond donors (Lipinski definition) is 3. The SMILES string of the molecule is Cc1nnc(N[C@H](C)c2cccc(C(F)F)c2F)c2cn(C3CNC3)c(=O)cc12.O=C(O)C(F)(F)F. The second kappa shape index (κ2) is 10.5. The largest absolute Gasteiger partial charge is 0.490 e. The van der Waals surface area contributed by atoms with E-state index in [1.807, 2.05) is 0 Å². The fraction of sp³-hybridized carbons (Fsp3) is 0.364. The number of carbonyl (C=O) groups is 1. The molecule has 1 atom stereocenters. The minimum Gasteiger partial charge on any atom is -0.475 e. The van der Waals surface area contributed by atoms with E-state index in [0.29, 0.717) is 35.4 Å². The maximum Gasteiger partial charge on any atom is 0.490 e. The number of alkyl halides is 5. The predicted molar refractivity (Wildman–Crippen MR) is 118 cm³/mol. The molecule has 0 radical (unpaired) electrons. The summed E-state index contributed by atoms with van der Waals surface area (Å²) in [6.07, 6.45) is -6.25. The fourth-order valence-corrected chi connectivity index (χ4v) is 3.49. The van der Waals surface area contributed by atoms with Crippen molar-refractivity contribution in [3.63, 3.8) is 0 Å². The molecule has 3 heterocycles. The highest BCUT2D eigenvalue weighted by Gasteiger charge is 2.38. The second-order valence-electron chi connectivity index (χ2n) is 8.01. The van der Waals surface area contributed by atoms with Crippen molar-refractivity contribution in [1.82, 2.24) is 20.1 Å². The molecule has 8 nitrogen and oxygen atoms in total. The van der Waals surface area contributed by atoms with Crippen LogP contribution in [-0.4, -0.2) is 45.1 Å². The number of nitrogens with one attached hydrogen (secondary N) is 2. The van der Waals surface area contributed by atoms with Gasteiger partial charge in [-0.05, 0) is 13.8 Å². The van der Waals surface area contributed by atoms with Crippen molar-refractivity contribution in [2.75, 3.05) is 18.4 Å². The lowest BCUT2D eigenvalue weighted by Gasteiger charge is -2.29. The van der Waals surface area contributed by atoms with Gasteiger partial charge in [0.05, 0.1) is 23.3 Å². The molecule has 1 aromatic carbocycles. The monoisotopic (exact) mass is 517 g/mol. The Kier molecular flexibility index (Phi) is 7.86. The van der Waals surface area contributed by atoms with E-state index < -0.39 is 36.0 Å². The molecule has 14 heteroatoms. The molecule has 0 spiro atoms. The summed E-state index contributed by atoms with van der Waals surface area (Å²) in [6, 6.07) is 4.87. The Morgan fingerprint density at radius 2 is 1.81 bits per heavy atom. The van der Waals surface area contributed by atoms with E-state index in [0.717, 1.165) is 6.07 Å². The molecule has 1 saturated heterocycles. The Morgan fingerprint density at radius 3 is 2.33 bits per heavy atom. The van der Waals surface area contributed by atoms with Crippen LogP contribution in [0.5, 0.6) is 0 Å². The van der Waals surface area contributed by atoms with Crippen LogP contribution in [0.2, 0.25) is 0 Å². The molecule has 0 bridgehead atoms. The minimum atomic E-state index is -5.08. The minimum absolute atomic E-state index is 0.0609. The van der Waals surface area contributed by atoms with Crippen LogP contribution in [0.1, 0.15) is 42.3 Å². The molecule has 2 aromatic heterocycles. The van der Waals surface area contributed by atoms with Crippen LogP contribution < -0.4 is 16.2 Å². The smallest absolute Gasteiger partial charge is 0.475 e. The van der Waals surface area contributed by atoms with Crippen LogP contribution in [-0.2, 0) is 4.79 Å². The first kappa shape index (κ1) is 26.9. The molecular formula is C22H21F6N5O3. The number of aromatic nitrogens is 3. The number of fused-ring (bicyclic) bond motifs is 1. The van der Waals surface area contributed by atoms with Crippen molar-refractivity contribution in [2.24, 2.45) is 0 Å². The number of aliphatic carboxylic acids is 1. The molecule has 1 aliphatic rings. The van der Waals surface area contributed by atoms with Crippen molar-refractivity contribution >= 4 is 22.6 Å². The number of anilines is 1. The maximum absolute atomic E-state index is 14.5. The zero-order valence-corrected chi connectivity index (χ0v) is 18.9. The van der Waals surface area contributed by atoms with Gasteiger partial charge in [-0.1, -0.05) is 18.2 Å². The van der Waals surface area contributed by atoms with Crippen LogP contribution in [0.15, 0.2) is 35.3 Å². The molecule has 1 fully saturated rings. The zero-order chi connectivity index (χ0) is 26.8. The number of rotatable bonds is 5. The highest BCUT2D eigenvalue weighted by molar-refractivity contribution is 5.92. The van der Waals surface area contributed by atoms with Crippen molar-refractivity contribution in [3.8, 4) is 0 Å². The van der Waals surface area contributed by atoms with E-state index in [1.165, 1.54) is 18.2 Å². The Hall–Kier alpha value is -3.68. The molecule has 36 heavy (non-hydrogen) atoms. The number of pyridine rings is 1. The molecule has 1 aliphatic heterocycles. The van der Waals surface area contributed by atoms with E-state index >= 15 is 0 Å². The van der Waals surface area contributed by atoms with Crippen LogP contribution in [0, 0.1) is 12.7 Å². The van der Waals surface area contributed by atoms with Crippen LogP contribution in [0.4, 0.5) is 32.2 Å². The molecule has 0 aliphatic carbocycles. The second-order valence-corrected chi connectivity index (χ2v) is 8.01. The molecular weight excluding hydrogens is 496 g/mol. The van der Waals surface area contributed by atoms with Crippen molar-refractivity contribution in [1.29, 1.82) is 0 Å². The number of nitrogens with zero attached hydrogens (tertiary/aromatic N) is 3. The summed E-state index contributed by atoms with van der Waals surface area (Å²) in [5.41, 5.74) is -0.0630. The first-order valence-electron chi connectivity index (χ1n) is 10.5. The van der Waals surface area contributed by atoms with Crippen LogP contribution in [0.3, 0.4) is 0 Å². The number of aryl methyl sites for hydroxylation is 1. The van der Waals surface area contributed by atoms with Gasteiger partial charge in [-0.3, -0.25) is 4.79 Å². The van der Waals surface area contributed by atoms with Gasteiger partial charge in [0.2, 0.25) is 0 Å². The summed E-state index contributed by atoms with van der Waals surface area (Å²) in [6.45, 7) is 4.82. The highest BCUT2D eigenvalue weighted by atomic mass is 19.4. The van der Waals surface area contributed by atoms with Gasteiger partial charge in [0.25, 0.3) is 12.0 Å². The first-order chi connectivity index (χ1) is 16.8. The third-order valence-corrected chi connectivity index (χ3v) is 5.53. The summed E-state index contributed by atoms with van der Waals surface area (Å²) in [5.74, 6) is -3.34. The number of halogens is 6. The zero-order valence-electron chi connectivity index (χ0n) is 18.9. The Balaban J connectivity index is 0.000000454. The standard InChI is InChI=1S/C20H20F3N5O.C2HF3O2/c1-10(13-4-3-5-14(18(13)21)19(22)23)25-20-16-9-28(12-7-24-8-12)17(29)6-15(16)11(2)26-27-20;3-2(4,5)1(6)7/h3-6,9-10,12,19,24H,7-8H2,1-2H3,(H,25,27);(H,6,7)/t10-;/m1./s1. The van der Waals surface area contributed by atoms with Gasteiger partial charge in [-0.25, -0.2) is 18.0 Å². The lowest BCUT2D eigenvalue weighted by atomic mass is 10.0. The number of benzene rings is 1. The number of carboxylic acid groups (broad SMARTS) is 1. The van der Waals surface area contributed by atoms with E-state index in [4.69, 9.17) is 9.90 Å². The predicted octanol–water partition coefficient (Wildman–Crippen LogP) is 4.13. The van der Waals surface area contributed by atoms with Gasteiger partial charge in [0.15, 0.2) is 5.82 Å². The van der Waals surface area contributed by atoms with Crippen molar-refractivity contribution in [3.05, 3.63) is 63.5 Å². The summed E-state index contributed by atoms with van der Waals surface area (Å²) < 4.78 is 74.0. The van der Waals surface area contributed by atoms with E-state index in [1.54, 1.807) is 24.6 Å². The van der Waals surface area contributed by atoms with Gasteiger partial charge < -0.3 is 20.3 Å². The Morgan fingerprint density at radius 1 is 1.19 bits per heavy atom. The molecule has 3 N–H and O–H groups in total. The van der Waals surface area contributed by atoms with Gasteiger partial charge in [-0.15, -0.1) is 5.10 Å². The maximum atomic E-state index is 14.5. The third kappa shape index (κ3) is 5.75. The normalized spacial score (nSPS) is 14.7. The van der Waals surface area contributed by atoms with E-state index in [9.17, 15) is 31.1 Å². The summed E-state index contributed by atoms with van der Waals surface area (Å²) in [4.78, 5) is 21.4.